The summed E-state index contributed by atoms with van der Waals surface area (Å²) in [6.07, 6.45) is 1.53. The number of thiazole rings is 1. The molecule has 2 nitrogen and oxygen atoms in total. The number of alkyl halides is 2. The standard InChI is InChI=1S/C9H5F2N2S/c10-8(11)6-2-1-3-12-7(6)9-13-4-5-14-9/h1-3,5,8H. The molecule has 71 valence electrons. The molecule has 2 aromatic rings. The van der Waals surface area contributed by atoms with Crippen LogP contribution < -0.4 is 0 Å². The molecule has 0 aliphatic rings. The van der Waals surface area contributed by atoms with Crippen LogP contribution in [0.4, 0.5) is 8.78 Å². The van der Waals surface area contributed by atoms with Gasteiger partial charge in [-0.15, -0.1) is 11.3 Å². The van der Waals surface area contributed by atoms with Gasteiger partial charge in [0.1, 0.15) is 16.9 Å². The van der Waals surface area contributed by atoms with E-state index in [4.69, 9.17) is 0 Å². The molecule has 0 aliphatic heterocycles. The van der Waals surface area contributed by atoms with Crippen LogP contribution in [0.5, 0.6) is 0 Å². The first kappa shape index (κ1) is 9.21. The van der Waals surface area contributed by atoms with Crippen LogP contribution in [-0.2, 0) is 0 Å². The predicted molar refractivity (Wildman–Crippen MR) is 49.1 cm³/mol. The molecule has 0 bridgehead atoms. The van der Waals surface area contributed by atoms with Gasteiger partial charge < -0.3 is 0 Å². The molecule has 0 spiro atoms. The molecule has 1 radical (unpaired) electrons. The molecular weight excluding hydrogens is 206 g/mol. The van der Waals surface area contributed by atoms with E-state index in [0.29, 0.717) is 5.01 Å². The molecule has 2 aromatic heterocycles. The van der Waals surface area contributed by atoms with Crippen molar-refractivity contribution in [2.75, 3.05) is 0 Å². The van der Waals surface area contributed by atoms with Gasteiger partial charge in [0.25, 0.3) is 6.43 Å². The minimum Gasteiger partial charge on any atom is -0.253 e. The van der Waals surface area contributed by atoms with E-state index in [-0.39, 0.29) is 11.3 Å². The van der Waals surface area contributed by atoms with E-state index in [1.165, 1.54) is 29.7 Å². The van der Waals surface area contributed by atoms with E-state index < -0.39 is 6.43 Å². The summed E-state index contributed by atoms with van der Waals surface area (Å²) >= 11 is 1.25. The van der Waals surface area contributed by atoms with Gasteiger partial charge in [-0.05, 0) is 12.1 Å². The van der Waals surface area contributed by atoms with Gasteiger partial charge in [0, 0.05) is 17.1 Å². The van der Waals surface area contributed by atoms with Crippen LogP contribution in [-0.4, -0.2) is 9.97 Å². The molecule has 0 amide bonds. The molecule has 5 heteroatoms. The molecule has 14 heavy (non-hydrogen) atoms. The van der Waals surface area contributed by atoms with Crippen molar-refractivity contribution in [1.29, 1.82) is 0 Å². The zero-order valence-corrected chi connectivity index (χ0v) is 7.76. The van der Waals surface area contributed by atoms with Crippen molar-refractivity contribution in [3.8, 4) is 10.7 Å². The third-order valence-corrected chi connectivity index (χ3v) is 2.40. The van der Waals surface area contributed by atoms with Crippen molar-refractivity contribution >= 4 is 11.3 Å². The van der Waals surface area contributed by atoms with E-state index in [1.807, 2.05) is 0 Å². The fraction of sp³-hybridized carbons (Fsp3) is 0.111. The number of rotatable bonds is 2. The molecule has 0 fully saturated rings. The van der Waals surface area contributed by atoms with Crippen LogP contribution in [0.1, 0.15) is 12.0 Å². The van der Waals surface area contributed by atoms with Crippen LogP contribution in [0.15, 0.2) is 23.7 Å². The minimum atomic E-state index is -2.53. The first-order chi connectivity index (χ1) is 6.79. The third kappa shape index (κ3) is 1.63. The van der Waals surface area contributed by atoms with Crippen molar-refractivity contribution in [1.82, 2.24) is 9.97 Å². The molecule has 0 aliphatic carbocycles. The monoisotopic (exact) mass is 211 g/mol. The fourth-order valence-corrected chi connectivity index (χ4v) is 1.68. The molecule has 0 N–H and O–H groups in total. The van der Waals surface area contributed by atoms with Crippen LogP contribution in [0, 0.1) is 6.20 Å². The molecule has 0 saturated carbocycles. The van der Waals surface area contributed by atoms with E-state index in [9.17, 15) is 8.78 Å². The van der Waals surface area contributed by atoms with Gasteiger partial charge in [0.2, 0.25) is 0 Å². The van der Waals surface area contributed by atoms with Gasteiger partial charge >= 0.3 is 0 Å². The number of hydrogen-bond donors (Lipinski definition) is 0. The van der Waals surface area contributed by atoms with Gasteiger partial charge in [-0.25, -0.2) is 13.8 Å². The zero-order chi connectivity index (χ0) is 9.97. The number of halogens is 2. The number of pyridine rings is 1. The summed E-state index contributed by atoms with van der Waals surface area (Å²) in [6, 6.07) is 2.84. The lowest BCUT2D eigenvalue weighted by atomic mass is 10.2. The van der Waals surface area contributed by atoms with Crippen molar-refractivity contribution in [2.24, 2.45) is 0 Å². The zero-order valence-electron chi connectivity index (χ0n) is 6.95. The molecule has 0 saturated heterocycles. The molecule has 2 rings (SSSR count). The third-order valence-electron chi connectivity index (χ3n) is 1.67. The Morgan fingerprint density at radius 2 is 2.29 bits per heavy atom. The summed E-state index contributed by atoms with van der Waals surface area (Å²) in [6.45, 7) is 0. The van der Waals surface area contributed by atoms with Gasteiger partial charge in [-0.2, -0.15) is 0 Å². The van der Waals surface area contributed by atoms with Gasteiger partial charge in [-0.3, -0.25) is 4.98 Å². The van der Waals surface area contributed by atoms with E-state index in [1.54, 1.807) is 5.38 Å². The largest absolute Gasteiger partial charge is 0.266 e. The summed E-state index contributed by atoms with van der Waals surface area (Å²) in [5.74, 6) is 0. The summed E-state index contributed by atoms with van der Waals surface area (Å²) in [5, 5.41) is 2.08. The highest BCUT2D eigenvalue weighted by Crippen LogP contribution is 2.29. The molecule has 0 atom stereocenters. The lowest BCUT2D eigenvalue weighted by Crippen LogP contribution is -1.92. The van der Waals surface area contributed by atoms with Crippen LogP contribution in [0.25, 0.3) is 10.7 Å². The SMILES string of the molecule is FC(F)c1cccnc1-c1n[c]cs1. The quantitative estimate of drug-likeness (QED) is 0.763. The summed E-state index contributed by atoms with van der Waals surface area (Å²) < 4.78 is 25.1. The van der Waals surface area contributed by atoms with Gasteiger partial charge in [-0.1, -0.05) is 0 Å². The average Bonchev–Trinajstić information content (AvgIpc) is 2.70. The lowest BCUT2D eigenvalue weighted by Gasteiger charge is -2.03. The number of aromatic nitrogens is 2. The Labute approximate surface area is 83.3 Å². The second kappa shape index (κ2) is 3.79. The Bertz CT molecular complexity index is 415. The highest BCUT2D eigenvalue weighted by Gasteiger charge is 2.16. The second-order valence-electron chi connectivity index (χ2n) is 2.52. The molecule has 0 aromatic carbocycles. The van der Waals surface area contributed by atoms with Crippen molar-refractivity contribution < 1.29 is 8.78 Å². The average molecular weight is 211 g/mol. The number of hydrogen-bond acceptors (Lipinski definition) is 3. The topological polar surface area (TPSA) is 25.8 Å². The Kier molecular flexibility index (Phi) is 2.49. The normalized spacial score (nSPS) is 10.8. The van der Waals surface area contributed by atoms with Gasteiger partial charge in [0.15, 0.2) is 0 Å². The fourth-order valence-electron chi connectivity index (χ4n) is 1.07. The summed E-state index contributed by atoms with van der Waals surface area (Å²) in [5.41, 5.74) is 0.157. The Morgan fingerprint density at radius 3 is 2.93 bits per heavy atom. The van der Waals surface area contributed by atoms with E-state index in [2.05, 4.69) is 16.2 Å². The van der Waals surface area contributed by atoms with Crippen LogP contribution in [0.2, 0.25) is 0 Å². The Balaban J connectivity index is 2.53. The lowest BCUT2D eigenvalue weighted by molar-refractivity contribution is 0.151. The van der Waals surface area contributed by atoms with E-state index >= 15 is 0 Å². The maximum absolute atomic E-state index is 12.5. The smallest absolute Gasteiger partial charge is 0.253 e. The molecular formula is C9H5F2N2S. The Morgan fingerprint density at radius 1 is 1.43 bits per heavy atom. The predicted octanol–water partition coefficient (Wildman–Crippen LogP) is 2.94. The maximum Gasteiger partial charge on any atom is 0.266 e. The first-order valence-electron chi connectivity index (χ1n) is 3.84. The molecule has 2 heterocycles. The highest BCUT2D eigenvalue weighted by molar-refractivity contribution is 7.13. The molecule has 0 unspecified atom stereocenters. The van der Waals surface area contributed by atoms with Gasteiger partial charge in [0.05, 0.1) is 0 Å². The minimum absolute atomic E-state index is 0.0872. The summed E-state index contributed by atoms with van der Waals surface area (Å²) in [7, 11) is 0. The first-order valence-corrected chi connectivity index (χ1v) is 4.72. The maximum atomic E-state index is 12.5. The summed E-state index contributed by atoms with van der Waals surface area (Å²) in [4.78, 5) is 7.72. The van der Waals surface area contributed by atoms with Crippen molar-refractivity contribution in [3.05, 3.63) is 35.5 Å². The van der Waals surface area contributed by atoms with Crippen molar-refractivity contribution in [3.63, 3.8) is 0 Å². The number of nitrogens with zero attached hydrogens (tertiary/aromatic N) is 2. The highest BCUT2D eigenvalue weighted by atomic mass is 32.1. The second-order valence-corrected chi connectivity index (χ2v) is 3.38. The van der Waals surface area contributed by atoms with E-state index in [0.717, 1.165) is 0 Å². The van der Waals surface area contributed by atoms with Crippen molar-refractivity contribution in [2.45, 2.75) is 6.43 Å². The Hall–Kier alpha value is -1.36. The van der Waals surface area contributed by atoms with Crippen LogP contribution >= 0.6 is 11.3 Å². The van der Waals surface area contributed by atoms with Crippen LogP contribution in [0.3, 0.4) is 0 Å².